The van der Waals surface area contributed by atoms with Crippen molar-refractivity contribution in [2.24, 2.45) is 0 Å². The van der Waals surface area contributed by atoms with E-state index in [0.717, 1.165) is 34.4 Å². The minimum Gasteiger partial charge on any atom is -0.456 e. The number of amides is 1. The SMILES string of the molecule is CCc1cccc(CNC[C@H](O)[C@H](Cc2cc(F)cc(F)c2)NC(=O)CCC(=O)c2ccc3oc4ccccc4c3c2)c1. The van der Waals surface area contributed by atoms with Crippen molar-refractivity contribution in [2.45, 2.75) is 51.3 Å². The quantitative estimate of drug-likeness (QED) is 0.142. The summed E-state index contributed by atoms with van der Waals surface area (Å²) >= 11 is 0. The summed E-state index contributed by atoms with van der Waals surface area (Å²) in [6.07, 6.45) is -0.298. The van der Waals surface area contributed by atoms with Crippen molar-refractivity contribution in [1.29, 1.82) is 0 Å². The predicted octanol–water partition coefficient (Wildman–Crippen LogP) is 6.27. The number of halogens is 2. The molecule has 43 heavy (non-hydrogen) atoms. The Hall–Kier alpha value is -4.40. The number of aliphatic hydroxyl groups excluding tert-OH is 1. The van der Waals surface area contributed by atoms with Crippen LogP contribution in [-0.2, 0) is 24.2 Å². The van der Waals surface area contributed by atoms with Crippen LogP contribution in [0.15, 0.2) is 89.3 Å². The highest BCUT2D eigenvalue weighted by Crippen LogP contribution is 2.29. The highest BCUT2D eigenvalue weighted by molar-refractivity contribution is 6.08. The first kappa shape index (κ1) is 30.1. The van der Waals surface area contributed by atoms with E-state index in [0.29, 0.717) is 23.3 Å². The van der Waals surface area contributed by atoms with Gasteiger partial charge in [-0.05, 0) is 65.9 Å². The normalized spacial score (nSPS) is 12.8. The van der Waals surface area contributed by atoms with Gasteiger partial charge in [0.1, 0.15) is 22.8 Å². The van der Waals surface area contributed by atoms with Gasteiger partial charge < -0.3 is 20.2 Å². The molecule has 0 bridgehead atoms. The minimum absolute atomic E-state index is 0.00671. The molecule has 5 rings (SSSR count). The second-order valence-corrected chi connectivity index (χ2v) is 10.8. The van der Waals surface area contributed by atoms with Crippen molar-refractivity contribution in [3.8, 4) is 0 Å². The minimum atomic E-state index is -1.06. The monoisotopic (exact) mass is 584 g/mol. The molecule has 0 spiro atoms. The Bertz CT molecular complexity index is 1730. The van der Waals surface area contributed by atoms with E-state index in [9.17, 15) is 23.5 Å². The van der Waals surface area contributed by atoms with Gasteiger partial charge in [0.2, 0.25) is 5.91 Å². The second-order valence-electron chi connectivity index (χ2n) is 10.8. The summed E-state index contributed by atoms with van der Waals surface area (Å²) in [5, 5.41) is 18.7. The van der Waals surface area contributed by atoms with Gasteiger partial charge in [-0.25, -0.2) is 8.78 Å². The third-order valence-corrected chi connectivity index (χ3v) is 7.55. The van der Waals surface area contributed by atoms with Crippen LogP contribution in [0, 0.1) is 11.6 Å². The van der Waals surface area contributed by atoms with Gasteiger partial charge in [-0.1, -0.05) is 49.4 Å². The van der Waals surface area contributed by atoms with Crippen molar-refractivity contribution in [1.82, 2.24) is 10.6 Å². The van der Waals surface area contributed by atoms with E-state index in [1.807, 2.05) is 42.5 Å². The van der Waals surface area contributed by atoms with Crippen molar-refractivity contribution in [3.05, 3.63) is 119 Å². The van der Waals surface area contributed by atoms with Crippen LogP contribution in [0.5, 0.6) is 0 Å². The second kappa shape index (κ2) is 13.7. The zero-order chi connectivity index (χ0) is 30.3. The van der Waals surface area contributed by atoms with E-state index < -0.39 is 29.7 Å². The number of carbonyl (C=O) groups excluding carboxylic acids is 2. The first-order valence-corrected chi connectivity index (χ1v) is 14.4. The number of hydrogen-bond acceptors (Lipinski definition) is 5. The van der Waals surface area contributed by atoms with Crippen LogP contribution in [0.1, 0.15) is 46.8 Å². The molecule has 0 aliphatic heterocycles. The molecule has 6 nitrogen and oxygen atoms in total. The summed E-state index contributed by atoms with van der Waals surface area (Å²) in [4.78, 5) is 26.0. The number of nitrogens with one attached hydrogen (secondary N) is 2. The number of carbonyl (C=O) groups is 2. The number of fused-ring (bicyclic) bond motifs is 3. The third-order valence-electron chi connectivity index (χ3n) is 7.55. The standard InChI is InChI=1S/C35H34F2N2O4/c1-2-22-6-5-7-23(14-22)20-38-21-32(41)30(17-24-15-26(36)19-27(37)16-24)39-35(42)13-11-31(40)25-10-12-34-29(18-25)28-8-3-4-9-33(28)43-34/h3-10,12,14-16,18-19,30,32,38,41H,2,11,13,17,20-21H2,1H3,(H,39,42)/t30-,32-/m0/s1. The molecular weight excluding hydrogens is 550 g/mol. The Morgan fingerprint density at radius 1 is 0.814 bits per heavy atom. The Labute approximate surface area is 248 Å². The van der Waals surface area contributed by atoms with E-state index in [-0.39, 0.29) is 31.6 Å². The number of aliphatic hydroxyl groups is 1. The summed E-state index contributed by atoms with van der Waals surface area (Å²) in [6, 6.07) is 23.1. The zero-order valence-electron chi connectivity index (χ0n) is 23.9. The topological polar surface area (TPSA) is 91.6 Å². The van der Waals surface area contributed by atoms with Crippen molar-refractivity contribution >= 4 is 33.6 Å². The molecule has 0 fully saturated rings. The number of ketones is 1. The predicted molar refractivity (Wildman–Crippen MR) is 163 cm³/mol. The highest BCUT2D eigenvalue weighted by atomic mass is 19.1. The Morgan fingerprint density at radius 2 is 1.56 bits per heavy atom. The number of benzene rings is 4. The van der Waals surface area contributed by atoms with Crippen molar-refractivity contribution in [3.63, 3.8) is 0 Å². The fourth-order valence-electron chi connectivity index (χ4n) is 5.28. The van der Waals surface area contributed by atoms with Crippen LogP contribution in [0.25, 0.3) is 21.9 Å². The summed E-state index contributed by atoms with van der Waals surface area (Å²) in [7, 11) is 0. The smallest absolute Gasteiger partial charge is 0.220 e. The Morgan fingerprint density at radius 3 is 2.35 bits per heavy atom. The van der Waals surface area contributed by atoms with E-state index in [4.69, 9.17) is 4.42 Å². The lowest BCUT2D eigenvalue weighted by atomic mass is 9.99. The molecule has 222 valence electrons. The van der Waals surface area contributed by atoms with E-state index in [1.54, 1.807) is 18.2 Å². The van der Waals surface area contributed by atoms with Crippen LogP contribution in [-0.4, -0.2) is 35.5 Å². The lowest BCUT2D eigenvalue weighted by molar-refractivity contribution is -0.122. The fourth-order valence-corrected chi connectivity index (χ4v) is 5.28. The Balaban J connectivity index is 1.22. The van der Waals surface area contributed by atoms with Gasteiger partial charge in [0.05, 0.1) is 12.1 Å². The summed E-state index contributed by atoms with van der Waals surface area (Å²) in [5.74, 6) is -2.13. The lowest BCUT2D eigenvalue weighted by Crippen LogP contribution is -2.48. The third kappa shape index (κ3) is 7.71. The summed E-state index contributed by atoms with van der Waals surface area (Å²) < 4.78 is 33.6. The molecule has 0 unspecified atom stereocenters. The molecule has 5 aromatic rings. The maximum absolute atomic E-state index is 13.9. The summed E-state index contributed by atoms with van der Waals surface area (Å²) in [5.41, 5.74) is 4.43. The van der Waals surface area contributed by atoms with Crippen LogP contribution >= 0.6 is 0 Å². The number of hydrogen-bond donors (Lipinski definition) is 3. The Kier molecular flexibility index (Phi) is 9.59. The van der Waals surface area contributed by atoms with Gasteiger partial charge in [0.15, 0.2) is 5.78 Å². The molecule has 3 N–H and O–H groups in total. The number of rotatable bonds is 13. The number of furan rings is 1. The molecule has 0 aliphatic carbocycles. The first-order valence-electron chi connectivity index (χ1n) is 14.4. The lowest BCUT2D eigenvalue weighted by Gasteiger charge is -2.25. The maximum Gasteiger partial charge on any atom is 0.220 e. The van der Waals surface area contributed by atoms with Crippen molar-refractivity contribution in [2.75, 3.05) is 6.54 Å². The zero-order valence-corrected chi connectivity index (χ0v) is 23.9. The average molecular weight is 585 g/mol. The van der Waals surface area contributed by atoms with Crippen LogP contribution in [0.4, 0.5) is 8.78 Å². The van der Waals surface area contributed by atoms with Crippen LogP contribution < -0.4 is 10.6 Å². The molecule has 1 heterocycles. The van der Waals surface area contributed by atoms with E-state index in [1.165, 1.54) is 17.7 Å². The molecule has 4 aromatic carbocycles. The average Bonchev–Trinajstić information content (AvgIpc) is 3.37. The molecule has 2 atom stereocenters. The van der Waals surface area contributed by atoms with Crippen LogP contribution in [0.2, 0.25) is 0 Å². The van der Waals surface area contributed by atoms with Gasteiger partial charge in [-0.15, -0.1) is 0 Å². The number of para-hydroxylation sites is 1. The fraction of sp³-hybridized carbons (Fsp3) is 0.257. The van der Waals surface area contributed by atoms with Gasteiger partial charge >= 0.3 is 0 Å². The molecular formula is C35H34F2N2O4. The van der Waals surface area contributed by atoms with Gasteiger partial charge in [-0.3, -0.25) is 9.59 Å². The highest BCUT2D eigenvalue weighted by Gasteiger charge is 2.23. The number of Topliss-reactive ketones (excluding diaryl/α,β-unsaturated/α-hetero) is 1. The van der Waals surface area contributed by atoms with Crippen molar-refractivity contribution < 1.29 is 27.9 Å². The molecule has 1 amide bonds. The first-order chi connectivity index (χ1) is 20.8. The molecule has 0 aliphatic rings. The number of aryl methyl sites for hydroxylation is 1. The summed E-state index contributed by atoms with van der Waals surface area (Å²) in [6.45, 7) is 2.72. The van der Waals surface area contributed by atoms with E-state index in [2.05, 4.69) is 23.6 Å². The largest absolute Gasteiger partial charge is 0.456 e. The maximum atomic E-state index is 13.9. The molecule has 0 radical (unpaired) electrons. The van der Waals surface area contributed by atoms with E-state index >= 15 is 0 Å². The molecule has 1 aromatic heterocycles. The van der Waals surface area contributed by atoms with Gasteiger partial charge in [-0.2, -0.15) is 0 Å². The van der Waals surface area contributed by atoms with Gasteiger partial charge in [0, 0.05) is 48.3 Å². The molecule has 8 heteroatoms. The van der Waals surface area contributed by atoms with Crippen LogP contribution in [0.3, 0.4) is 0 Å². The van der Waals surface area contributed by atoms with Gasteiger partial charge in [0.25, 0.3) is 0 Å². The molecule has 0 saturated heterocycles. The molecule has 0 saturated carbocycles.